The monoisotopic (exact) mass is 320 g/mol. The van der Waals surface area contributed by atoms with E-state index in [0.29, 0.717) is 6.42 Å². The molecule has 0 aromatic heterocycles. The van der Waals surface area contributed by atoms with E-state index >= 15 is 0 Å². The lowest BCUT2D eigenvalue weighted by Gasteiger charge is -2.29. The number of hydrogen-bond acceptors (Lipinski definition) is 5. The van der Waals surface area contributed by atoms with Gasteiger partial charge in [0.15, 0.2) is 11.5 Å². The first kappa shape index (κ1) is 15.9. The molecule has 2 aliphatic rings. The fraction of sp³-hybridized carbons (Fsp3) is 0.588. The molecular weight excluding hydrogens is 296 g/mol. The maximum atomic E-state index is 11.9. The van der Waals surface area contributed by atoms with E-state index in [4.69, 9.17) is 14.2 Å². The Balaban J connectivity index is 1.59. The quantitative estimate of drug-likeness (QED) is 0.801. The molecule has 1 saturated heterocycles. The van der Waals surface area contributed by atoms with Crippen LogP contribution in [0, 0.1) is 0 Å². The third kappa shape index (κ3) is 3.69. The summed E-state index contributed by atoms with van der Waals surface area (Å²) in [5, 5.41) is 0. The molecule has 0 unspecified atom stereocenters. The van der Waals surface area contributed by atoms with Crippen LogP contribution in [0.15, 0.2) is 12.1 Å². The van der Waals surface area contributed by atoms with Gasteiger partial charge in [-0.2, -0.15) is 0 Å². The summed E-state index contributed by atoms with van der Waals surface area (Å²) in [4.78, 5) is 16.0. The van der Waals surface area contributed by atoms with Gasteiger partial charge in [0.25, 0.3) is 0 Å². The van der Waals surface area contributed by atoms with E-state index in [9.17, 15) is 4.79 Å². The van der Waals surface area contributed by atoms with Gasteiger partial charge in [-0.3, -0.25) is 4.79 Å². The highest BCUT2D eigenvalue weighted by Crippen LogP contribution is 2.38. The van der Waals surface area contributed by atoms with Gasteiger partial charge in [-0.15, -0.1) is 0 Å². The number of benzene rings is 1. The van der Waals surface area contributed by atoms with Crippen LogP contribution in [0.5, 0.6) is 17.2 Å². The Morgan fingerprint density at radius 1 is 1.26 bits per heavy atom. The van der Waals surface area contributed by atoms with Crippen LogP contribution in [0.1, 0.15) is 24.8 Å². The molecule has 3 rings (SSSR count). The van der Waals surface area contributed by atoms with Crippen molar-refractivity contribution in [2.24, 2.45) is 0 Å². The van der Waals surface area contributed by atoms with Gasteiger partial charge in [-0.1, -0.05) is 0 Å². The van der Waals surface area contributed by atoms with Crippen molar-refractivity contribution in [2.75, 3.05) is 40.6 Å². The number of fused-ring (bicyclic) bond motifs is 1. The molecule has 6 heteroatoms. The fourth-order valence-corrected chi connectivity index (χ4v) is 3.04. The number of carbonyl (C=O) groups excluding carboxylic acids is 1. The molecule has 1 aromatic rings. The molecular formula is C17H24N2O4. The largest absolute Gasteiger partial charge is 0.496 e. The van der Waals surface area contributed by atoms with Gasteiger partial charge >= 0.3 is 0 Å². The van der Waals surface area contributed by atoms with E-state index in [1.165, 1.54) is 0 Å². The number of hydrogen-bond donors (Lipinski definition) is 0. The zero-order valence-electron chi connectivity index (χ0n) is 13.8. The van der Waals surface area contributed by atoms with Crippen LogP contribution >= 0.6 is 0 Å². The van der Waals surface area contributed by atoms with Crippen LogP contribution in [0.4, 0.5) is 0 Å². The maximum absolute atomic E-state index is 11.9. The molecule has 126 valence electrons. The summed E-state index contributed by atoms with van der Waals surface area (Å²) >= 11 is 0. The Morgan fingerprint density at radius 3 is 2.78 bits per heavy atom. The van der Waals surface area contributed by atoms with Crippen molar-refractivity contribution in [1.82, 2.24) is 9.80 Å². The molecule has 0 bridgehead atoms. The smallest absolute Gasteiger partial charge is 0.231 e. The highest BCUT2D eigenvalue weighted by Gasteiger charge is 2.20. The number of methoxy groups -OCH3 is 1. The van der Waals surface area contributed by atoms with Crippen molar-refractivity contribution >= 4 is 5.91 Å². The van der Waals surface area contributed by atoms with E-state index in [1.807, 2.05) is 17.0 Å². The van der Waals surface area contributed by atoms with Gasteiger partial charge < -0.3 is 24.0 Å². The second-order valence-electron chi connectivity index (χ2n) is 6.09. The molecule has 0 aliphatic carbocycles. The van der Waals surface area contributed by atoms with E-state index in [-0.39, 0.29) is 12.7 Å². The average molecular weight is 320 g/mol. The van der Waals surface area contributed by atoms with E-state index < -0.39 is 0 Å². The number of likely N-dealkylation sites (tertiary alicyclic amines) is 1. The van der Waals surface area contributed by atoms with Crippen molar-refractivity contribution in [3.8, 4) is 17.2 Å². The van der Waals surface area contributed by atoms with Crippen molar-refractivity contribution < 1.29 is 19.0 Å². The Kier molecular flexibility index (Phi) is 4.91. The molecule has 23 heavy (non-hydrogen) atoms. The summed E-state index contributed by atoms with van der Waals surface area (Å²) in [5.74, 6) is 2.58. The van der Waals surface area contributed by atoms with Crippen LogP contribution in [-0.2, 0) is 11.3 Å². The number of amides is 1. The number of nitrogens with zero attached hydrogens (tertiary/aromatic N) is 2. The second-order valence-corrected chi connectivity index (χ2v) is 6.09. The highest BCUT2D eigenvalue weighted by molar-refractivity contribution is 5.76. The first-order valence-electron chi connectivity index (χ1n) is 8.10. The molecule has 2 aliphatic heterocycles. The van der Waals surface area contributed by atoms with Gasteiger partial charge in [0.1, 0.15) is 5.75 Å². The Morgan fingerprint density at radius 2 is 2.04 bits per heavy atom. The molecule has 2 heterocycles. The summed E-state index contributed by atoms with van der Waals surface area (Å²) in [6.45, 7) is 3.50. The first-order valence-corrected chi connectivity index (χ1v) is 8.10. The number of ether oxygens (including phenoxy) is 3. The zero-order valence-corrected chi connectivity index (χ0v) is 13.8. The molecule has 0 N–H and O–H groups in total. The topological polar surface area (TPSA) is 51.2 Å². The molecule has 1 aromatic carbocycles. The van der Waals surface area contributed by atoms with E-state index in [2.05, 4.69) is 11.9 Å². The highest BCUT2D eigenvalue weighted by atomic mass is 16.7. The molecule has 0 radical (unpaired) electrons. The molecule has 0 saturated carbocycles. The number of carbonyl (C=O) groups is 1. The SMILES string of the molecule is COc1cc2c(cc1CN(C)CCN1CCCCC1=O)OCO2. The van der Waals surface area contributed by atoms with Gasteiger partial charge in [0.2, 0.25) is 12.7 Å². The van der Waals surface area contributed by atoms with Crippen LogP contribution in [0.25, 0.3) is 0 Å². The minimum Gasteiger partial charge on any atom is -0.496 e. The van der Waals surface area contributed by atoms with Crippen molar-refractivity contribution in [1.29, 1.82) is 0 Å². The number of likely N-dealkylation sites (N-methyl/N-ethyl adjacent to an activating group) is 1. The summed E-state index contributed by atoms with van der Waals surface area (Å²) in [5.41, 5.74) is 1.06. The maximum Gasteiger partial charge on any atom is 0.231 e. The molecule has 1 amide bonds. The molecule has 0 spiro atoms. The predicted molar refractivity (Wildman–Crippen MR) is 85.9 cm³/mol. The van der Waals surface area contributed by atoms with Crippen LogP contribution in [-0.4, -0.2) is 56.3 Å². The molecule has 6 nitrogen and oxygen atoms in total. The fourth-order valence-electron chi connectivity index (χ4n) is 3.04. The second kappa shape index (κ2) is 7.08. The van der Waals surface area contributed by atoms with E-state index in [0.717, 1.165) is 61.8 Å². The lowest BCUT2D eigenvalue weighted by molar-refractivity contribution is -0.133. The summed E-state index contributed by atoms with van der Waals surface area (Å²) < 4.78 is 16.3. The number of piperidine rings is 1. The third-order valence-electron chi connectivity index (χ3n) is 4.39. The van der Waals surface area contributed by atoms with Crippen molar-refractivity contribution in [2.45, 2.75) is 25.8 Å². The number of rotatable bonds is 6. The minimum absolute atomic E-state index is 0.259. The van der Waals surface area contributed by atoms with Gasteiger partial charge in [-0.05, 0) is 26.0 Å². The lowest BCUT2D eigenvalue weighted by Crippen LogP contribution is -2.40. The minimum atomic E-state index is 0.259. The van der Waals surface area contributed by atoms with Gasteiger partial charge in [0, 0.05) is 44.2 Å². The first-order chi connectivity index (χ1) is 11.2. The summed E-state index contributed by atoms with van der Waals surface area (Å²) in [6.07, 6.45) is 2.84. The normalized spacial score (nSPS) is 17.0. The Labute approximate surface area is 136 Å². The van der Waals surface area contributed by atoms with Gasteiger partial charge in [-0.25, -0.2) is 0 Å². The van der Waals surface area contributed by atoms with Crippen LogP contribution < -0.4 is 14.2 Å². The molecule has 0 atom stereocenters. The average Bonchev–Trinajstić information content (AvgIpc) is 3.00. The Bertz CT molecular complexity index is 576. The predicted octanol–water partition coefficient (Wildman–Crippen LogP) is 1.87. The summed E-state index contributed by atoms with van der Waals surface area (Å²) in [6, 6.07) is 3.85. The standard InChI is InChI=1S/C17H24N2O4/c1-18(7-8-19-6-4-3-5-17(19)20)11-13-9-15-16(23-12-22-15)10-14(13)21-2/h9-10H,3-8,11-12H2,1-2H3. The van der Waals surface area contributed by atoms with Crippen LogP contribution in [0.2, 0.25) is 0 Å². The van der Waals surface area contributed by atoms with Gasteiger partial charge in [0.05, 0.1) is 7.11 Å². The van der Waals surface area contributed by atoms with E-state index in [1.54, 1.807) is 7.11 Å². The Hall–Kier alpha value is -1.95. The lowest BCUT2D eigenvalue weighted by atomic mass is 10.1. The zero-order chi connectivity index (χ0) is 16.2. The third-order valence-corrected chi connectivity index (χ3v) is 4.39. The molecule has 1 fully saturated rings. The van der Waals surface area contributed by atoms with Crippen molar-refractivity contribution in [3.05, 3.63) is 17.7 Å². The summed E-state index contributed by atoms with van der Waals surface area (Å²) in [7, 11) is 3.71. The van der Waals surface area contributed by atoms with Crippen molar-refractivity contribution in [3.63, 3.8) is 0 Å². The van der Waals surface area contributed by atoms with Crippen LogP contribution in [0.3, 0.4) is 0 Å².